The molecule has 2 atom stereocenters. The third kappa shape index (κ3) is 3.52. The average Bonchev–Trinajstić information content (AvgIpc) is 2.93. The van der Waals surface area contributed by atoms with E-state index in [0.717, 1.165) is 5.56 Å². The molecule has 6 heteroatoms. The number of benzene rings is 2. The molecule has 1 N–H and O–H groups in total. The maximum Gasteiger partial charge on any atom is 0.321 e. The van der Waals surface area contributed by atoms with E-state index in [9.17, 15) is 14.3 Å². The monoisotopic (exact) mass is 351 g/mol. The number of thioether (sulfide) groups is 1. The normalized spacial score (nSPS) is 21.5. The molecule has 2 unspecified atom stereocenters. The fraction of sp³-hybridized carbons (Fsp3) is 0.235. The van der Waals surface area contributed by atoms with Crippen LogP contribution in [0.25, 0.3) is 0 Å². The Morgan fingerprint density at radius 3 is 2.78 bits per heavy atom. The Morgan fingerprint density at radius 2 is 2.09 bits per heavy atom. The van der Waals surface area contributed by atoms with Gasteiger partial charge in [0.2, 0.25) is 0 Å². The Kier molecular flexibility index (Phi) is 4.90. The number of hydrogen-bond donors (Lipinski definition) is 1. The van der Waals surface area contributed by atoms with Crippen molar-refractivity contribution in [1.82, 2.24) is 4.90 Å². The molecule has 0 aromatic heterocycles. The van der Waals surface area contributed by atoms with Crippen LogP contribution >= 0.6 is 23.4 Å². The molecule has 3 nitrogen and oxygen atoms in total. The smallest absolute Gasteiger partial charge is 0.321 e. The zero-order valence-corrected chi connectivity index (χ0v) is 13.7. The predicted molar refractivity (Wildman–Crippen MR) is 90.0 cm³/mol. The fourth-order valence-corrected chi connectivity index (χ4v) is 4.36. The van der Waals surface area contributed by atoms with E-state index in [2.05, 4.69) is 0 Å². The summed E-state index contributed by atoms with van der Waals surface area (Å²) in [6.45, 7) is 0.244. The molecule has 3 rings (SSSR count). The van der Waals surface area contributed by atoms with E-state index in [0.29, 0.717) is 16.3 Å². The predicted octanol–water partition coefficient (Wildman–Crippen LogP) is 4.18. The summed E-state index contributed by atoms with van der Waals surface area (Å²) in [6, 6.07) is 13.2. The van der Waals surface area contributed by atoms with Crippen LogP contribution < -0.4 is 0 Å². The van der Waals surface area contributed by atoms with E-state index >= 15 is 0 Å². The number of carbonyl (C=O) groups is 1. The molecule has 0 amide bonds. The third-order valence-electron chi connectivity index (χ3n) is 3.84. The number of halogens is 2. The van der Waals surface area contributed by atoms with Gasteiger partial charge < -0.3 is 5.11 Å². The topological polar surface area (TPSA) is 40.5 Å². The molecule has 1 saturated heterocycles. The van der Waals surface area contributed by atoms with Crippen molar-refractivity contribution < 1.29 is 14.3 Å². The lowest BCUT2D eigenvalue weighted by Crippen LogP contribution is -2.38. The Bertz CT molecular complexity index is 727. The van der Waals surface area contributed by atoms with Gasteiger partial charge in [-0.15, -0.1) is 11.8 Å². The van der Waals surface area contributed by atoms with Crippen molar-refractivity contribution in [1.29, 1.82) is 0 Å². The molecule has 0 radical (unpaired) electrons. The first kappa shape index (κ1) is 16.3. The molecule has 1 fully saturated rings. The molecular weight excluding hydrogens is 337 g/mol. The highest BCUT2D eigenvalue weighted by Crippen LogP contribution is 2.42. The molecule has 1 heterocycles. The fourth-order valence-electron chi connectivity index (χ4n) is 2.71. The van der Waals surface area contributed by atoms with Crippen molar-refractivity contribution in [2.45, 2.75) is 18.0 Å². The van der Waals surface area contributed by atoms with Gasteiger partial charge >= 0.3 is 5.97 Å². The lowest BCUT2D eigenvalue weighted by atomic mass is 10.1. The van der Waals surface area contributed by atoms with Crippen molar-refractivity contribution >= 4 is 29.3 Å². The maximum absolute atomic E-state index is 14.0. The zero-order valence-electron chi connectivity index (χ0n) is 12.2. The highest BCUT2D eigenvalue weighted by atomic mass is 35.5. The molecule has 0 aliphatic carbocycles. The first-order chi connectivity index (χ1) is 11.1. The van der Waals surface area contributed by atoms with E-state index in [4.69, 9.17) is 11.6 Å². The Balaban J connectivity index is 1.93. The number of hydrogen-bond acceptors (Lipinski definition) is 3. The average molecular weight is 352 g/mol. The van der Waals surface area contributed by atoms with Gasteiger partial charge in [0.25, 0.3) is 0 Å². The van der Waals surface area contributed by atoms with Crippen LogP contribution in [0.5, 0.6) is 0 Å². The van der Waals surface area contributed by atoms with Crippen molar-refractivity contribution in [3.63, 3.8) is 0 Å². The van der Waals surface area contributed by atoms with E-state index in [-0.39, 0.29) is 17.7 Å². The minimum Gasteiger partial charge on any atom is -0.480 e. The van der Waals surface area contributed by atoms with Crippen molar-refractivity contribution in [2.24, 2.45) is 0 Å². The number of aliphatic carboxylic acids is 1. The van der Waals surface area contributed by atoms with Gasteiger partial charge in [0.1, 0.15) is 11.9 Å². The second-order valence-corrected chi connectivity index (χ2v) is 6.91. The zero-order chi connectivity index (χ0) is 16.4. The van der Waals surface area contributed by atoms with Crippen LogP contribution in [0.15, 0.2) is 48.5 Å². The van der Waals surface area contributed by atoms with Gasteiger partial charge in [0, 0.05) is 22.9 Å². The van der Waals surface area contributed by atoms with Crippen LogP contribution in [0.4, 0.5) is 4.39 Å². The van der Waals surface area contributed by atoms with Crippen molar-refractivity contribution in [3.8, 4) is 0 Å². The summed E-state index contributed by atoms with van der Waals surface area (Å²) in [6.07, 6.45) is 0. The summed E-state index contributed by atoms with van der Waals surface area (Å²) in [5, 5.41) is 9.92. The first-order valence-electron chi connectivity index (χ1n) is 7.15. The highest BCUT2D eigenvalue weighted by molar-refractivity contribution is 7.99. The van der Waals surface area contributed by atoms with Gasteiger partial charge in [-0.25, -0.2) is 4.39 Å². The second kappa shape index (κ2) is 6.91. The SMILES string of the molecule is O=C(O)C1CSC(c2cccc(Cl)c2)N1Cc1ccccc1F. The van der Waals surface area contributed by atoms with Gasteiger partial charge in [0.05, 0.1) is 5.37 Å². The molecular formula is C17H15ClFNO2S. The minimum absolute atomic E-state index is 0.158. The van der Waals surface area contributed by atoms with Gasteiger partial charge in [-0.3, -0.25) is 9.69 Å². The highest BCUT2D eigenvalue weighted by Gasteiger charge is 2.39. The number of carboxylic acid groups (broad SMARTS) is 1. The summed E-state index contributed by atoms with van der Waals surface area (Å²) in [7, 11) is 0. The van der Waals surface area contributed by atoms with Crippen LogP contribution in [0.3, 0.4) is 0 Å². The molecule has 23 heavy (non-hydrogen) atoms. The Hall–Kier alpha value is -1.56. The van der Waals surface area contributed by atoms with Crippen LogP contribution in [0.2, 0.25) is 5.02 Å². The maximum atomic E-state index is 14.0. The van der Waals surface area contributed by atoms with Crippen molar-refractivity contribution in [3.05, 3.63) is 70.5 Å². The molecule has 0 saturated carbocycles. The summed E-state index contributed by atoms with van der Waals surface area (Å²) in [4.78, 5) is 13.4. The van der Waals surface area contributed by atoms with Crippen LogP contribution in [0, 0.1) is 5.82 Å². The second-order valence-electron chi connectivity index (χ2n) is 5.36. The van der Waals surface area contributed by atoms with E-state index in [1.165, 1.54) is 17.8 Å². The number of nitrogens with zero attached hydrogens (tertiary/aromatic N) is 1. The largest absolute Gasteiger partial charge is 0.480 e. The van der Waals surface area contributed by atoms with E-state index in [1.54, 1.807) is 24.3 Å². The van der Waals surface area contributed by atoms with Crippen LogP contribution in [-0.2, 0) is 11.3 Å². The van der Waals surface area contributed by atoms with Gasteiger partial charge in [-0.05, 0) is 23.8 Å². The molecule has 1 aliphatic rings. The number of carboxylic acids is 1. The lowest BCUT2D eigenvalue weighted by molar-refractivity contribution is -0.142. The van der Waals surface area contributed by atoms with Crippen LogP contribution in [-0.4, -0.2) is 27.8 Å². The van der Waals surface area contributed by atoms with E-state index in [1.807, 2.05) is 23.1 Å². The van der Waals surface area contributed by atoms with Crippen LogP contribution in [0.1, 0.15) is 16.5 Å². The lowest BCUT2D eigenvalue weighted by Gasteiger charge is -2.27. The molecule has 120 valence electrons. The number of rotatable bonds is 4. The first-order valence-corrected chi connectivity index (χ1v) is 8.58. The van der Waals surface area contributed by atoms with Gasteiger partial charge in [0.15, 0.2) is 0 Å². The molecule has 0 bridgehead atoms. The standard InChI is InChI=1S/C17H15ClFNO2S/c18-13-6-3-5-11(8-13)16-20(15(10-23-16)17(21)22)9-12-4-1-2-7-14(12)19/h1-8,15-16H,9-10H2,(H,21,22). The third-order valence-corrected chi connectivity index (χ3v) is 5.45. The Morgan fingerprint density at radius 1 is 1.30 bits per heavy atom. The summed E-state index contributed by atoms with van der Waals surface area (Å²) >= 11 is 7.59. The summed E-state index contributed by atoms with van der Waals surface area (Å²) < 4.78 is 14.0. The Labute approximate surface area is 143 Å². The quantitative estimate of drug-likeness (QED) is 0.897. The summed E-state index contributed by atoms with van der Waals surface area (Å²) in [5.74, 6) is -0.752. The van der Waals surface area contributed by atoms with Gasteiger partial charge in [-0.1, -0.05) is 41.9 Å². The van der Waals surface area contributed by atoms with Gasteiger partial charge in [-0.2, -0.15) is 0 Å². The molecule has 2 aromatic carbocycles. The molecule has 0 spiro atoms. The van der Waals surface area contributed by atoms with E-state index < -0.39 is 12.0 Å². The molecule has 2 aromatic rings. The van der Waals surface area contributed by atoms with Crippen molar-refractivity contribution in [2.75, 3.05) is 5.75 Å². The minimum atomic E-state index is -0.890. The summed E-state index contributed by atoms with van der Waals surface area (Å²) in [5.41, 5.74) is 1.43. The molecule has 1 aliphatic heterocycles.